The van der Waals surface area contributed by atoms with E-state index < -0.39 is 0 Å². The molecule has 0 radical (unpaired) electrons. The van der Waals surface area contributed by atoms with Gasteiger partial charge in [-0.05, 0) is 62.4 Å². The average molecular weight is 331 g/mol. The van der Waals surface area contributed by atoms with Gasteiger partial charge in [-0.15, -0.1) is 0 Å². The molecular weight excluding hydrogens is 310 g/mol. The van der Waals surface area contributed by atoms with Crippen molar-refractivity contribution in [3.8, 4) is 0 Å². The van der Waals surface area contributed by atoms with Gasteiger partial charge in [-0.1, -0.05) is 24.3 Å². The summed E-state index contributed by atoms with van der Waals surface area (Å²) in [6.07, 6.45) is 3.17. The second-order valence-electron chi connectivity index (χ2n) is 6.72. The Morgan fingerprint density at radius 2 is 1.80 bits per heavy atom. The van der Waals surface area contributed by atoms with E-state index in [1.807, 2.05) is 38.1 Å². The van der Waals surface area contributed by atoms with Crippen LogP contribution >= 0.6 is 0 Å². The van der Waals surface area contributed by atoms with Gasteiger partial charge in [-0.3, -0.25) is 4.79 Å². The zero-order valence-electron chi connectivity index (χ0n) is 14.5. The molecule has 126 valence electrons. The van der Waals surface area contributed by atoms with Crippen LogP contribution in [0.3, 0.4) is 0 Å². The van der Waals surface area contributed by atoms with Crippen molar-refractivity contribution < 1.29 is 4.79 Å². The summed E-state index contributed by atoms with van der Waals surface area (Å²) in [5, 5.41) is 3.19. The van der Waals surface area contributed by atoms with E-state index in [4.69, 9.17) is 0 Å². The van der Waals surface area contributed by atoms with Gasteiger partial charge in [-0.2, -0.15) is 0 Å². The molecule has 25 heavy (non-hydrogen) atoms. The molecule has 4 heteroatoms. The fourth-order valence-electron chi connectivity index (χ4n) is 3.52. The predicted molar refractivity (Wildman–Crippen MR) is 98.6 cm³/mol. The summed E-state index contributed by atoms with van der Waals surface area (Å²) in [6.45, 7) is 3.89. The van der Waals surface area contributed by atoms with Gasteiger partial charge in [0.2, 0.25) is 0 Å². The van der Waals surface area contributed by atoms with Gasteiger partial charge in [0.15, 0.2) is 0 Å². The molecule has 1 aliphatic rings. The number of hydrogen-bond acceptors (Lipinski definition) is 3. The molecule has 0 bridgehead atoms. The standard InChI is InChI=1S/C21H21N3O/c1-13-14(2)23-20-12-16(10-11-19(20)22-13)21(25)24-18-9-5-7-15-6-3-4-8-17(15)18/h3-4,6,8,10-12,18H,5,7,9H2,1-2H3,(H,24,25)/t18-/m0/s1. The third-order valence-corrected chi connectivity index (χ3v) is 5.01. The summed E-state index contributed by atoms with van der Waals surface area (Å²) in [7, 11) is 0. The highest BCUT2D eigenvalue weighted by Crippen LogP contribution is 2.29. The van der Waals surface area contributed by atoms with Crippen LogP contribution in [0, 0.1) is 13.8 Å². The molecule has 1 heterocycles. The molecule has 3 aromatic rings. The van der Waals surface area contributed by atoms with Crippen LogP contribution in [0.15, 0.2) is 42.5 Å². The number of rotatable bonds is 2. The number of amides is 1. The number of nitrogens with zero attached hydrogens (tertiary/aromatic N) is 2. The van der Waals surface area contributed by atoms with Crippen LogP contribution < -0.4 is 5.32 Å². The lowest BCUT2D eigenvalue weighted by Crippen LogP contribution is -2.30. The molecule has 1 aliphatic carbocycles. The molecule has 1 aromatic heterocycles. The maximum absolute atomic E-state index is 12.8. The Morgan fingerprint density at radius 3 is 2.64 bits per heavy atom. The van der Waals surface area contributed by atoms with E-state index in [0.717, 1.165) is 41.7 Å². The van der Waals surface area contributed by atoms with Gasteiger partial charge in [0.25, 0.3) is 5.91 Å². The quantitative estimate of drug-likeness (QED) is 0.770. The monoisotopic (exact) mass is 331 g/mol. The lowest BCUT2D eigenvalue weighted by Gasteiger charge is -2.26. The molecular formula is C21H21N3O. The second-order valence-corrected chi connectivity index (χ2v) is 6.72. The number of benzene rings is 2. The van der Waals surface area contributed by atoms with Crippen LogP contribution in [0.2, 0.25) is 0 Å². The Bertz CT molecular complexity index is 965. The van der Waals surface area contributed by atoms with E-state index in [2.05, 4.69) is 33.5 Å². The molecule has 0 saturated heterocycles. The molecule has 0 spiro atoms. The summed E-state index contributed by atoms with van der Waals surface area (Å²) < 4.78 is 0. The maximum Gasteiger partial charge on any atom is 0.251 e. The second kappa shape index (κ2) is 6.28. The highest BCUT2D eigenvalue weighted by molar-refractivity contribution is 5.97. The van der Waals surface area contributed by atoms with Crippen molar-refractivity contribution >= 4 is 16.9 Å². The first kappa shape index (κ1) is 15.8. The Morgan fingerprint density at radius 1 is 1.04 bits per heavy atom. The SMILES string of the molecule is Cc1nc2ccc(C(=O)N[C@H]3CCCc4ccccc43)cc2nc1C. The molecule has 0 unspecified atom stereocenters. The van der Waals surface area contributed by atoms with Crippen molar-refractivity contribution in [2.45, 2.75) is 39.2 Å². The normalized spacial score (nSPS) is 16.5. The van der Waals surface area contributed by atoms with Crippen molar-refractivity contribution in [3.05, 3.63) is 70.5 Å². The van der Waals surface area contributed by atoms with Gasteiger partial charge in [-0.25, -0.2) is 9.97 Å². The van der Waals surface area contributed by atoms with Gasteiger partial charge < -0.3 is 5.32 Å². The van der Waals surface area contributed by atoms with E-state index in [9.17, 15) is 4.79 Å². The Hall–Kier alpha value is -2.75. The Balaban J connectivity index is 1.62. The van der Waals surface area contributed by atoms with Crippen LogP contribution in [0.4, 0.5) is 0 Å². The molecule has 0 aliphatic heterocycles. The van der Waals surface area contributed by atoms with Crippen LogP contribution in [0.1, 0.15) is 51.8 Å². The van der Waals surface area contributed by atoms with Gasteiger partial charge >= 0.3 is 0 Å². The van der Waals surface area contributed by atoms with E-state index in [0.29, 0.717) is 5.56 Å². The lowest BCUT2D eigenvalue weighted by atomic mass is 9.87. The minimum Gasteiger partial charge on any atom is -0.345 e. The fourth-order valence-corrected chi connectivity index (χ4v) is 3.52. The number of hydrogen-bond donors (Lipinski definition) is 1. The van der Waals surface area contributed by atoms with Crippen LogP contribution in [0.25, 0.3) is 11.0 Å². The smallest absolute Gasteiger partial charge is 0.251 e. The molecule has 0 fully saturated rings. The third-order valence-electron chi connectivity index (χ3n) is 5.01. The number of aromatic nitrogens is 2. The van der Waals surface area contributed by atoms with Crippen molar-refractivity contribution in [1.29, 1.82) is 0 Å². The van der Waals surface area contributed by atoms with Crippen LogP contribution in [-0.4, -0.2) is 15.9 Å². The molecule has 2 aromatic carbocycles. The zero-order valence-corrected chi connectivity index (χ0v) is 14.5. The topological polar surface area (TPSA) is 54.9 Å². The summed E-state index contributed by atoms with van der Waals surface area (Å²) in [4.78, 5) is 21.8. The average Bonchev–Trinajstić information content (AvgIpc) is 2.62. The van der Waals surface area contributed by atoms with E-state index in [-0.39, 0.29) is 11.9 Å². The first-order chi connectivity index (χ1) is 12.1. The summed E-state index contributed by atoms with van der Waals surface area (Å²) >= 11 is 0. The molecule has 1 amide bonds. The first-order valence-electron chi connectivity index (χ1n) is 8.75. The molecule has 1 atom stereocenters. The van der Waals surface area contributed by atoms with Crippen molar-refractivity contribution in [2.24, 2.45) is 0 Å². The van der Waals surface area contributed by atoms with Crippen molar-refractivity contribution in [3.63, 3.8) is 0 Å². The van der Waals surface area contributed by atoms with Crippen LogP contribution in [-0.2, 0) is 6.42 Å². The molecule has 0 saturated carbocycles. The number of nitrogens with one attached hydrogen (secondary N) is 1. The fraction of sp³-hybridized carbons (Fsp3) is 0.286. The van der Waals surface area contributed by atoms with Crippen LogP contribution in [0.5, 0.6) is 0 Å². The zero-order chi connectivity index (χ0) is 17.4. The predicted octanol–water partition coefficient (Wildman–Crippen LogP) is 4.05. The van der Waals surface area contributed by atoms with E-state index in [1.165, 1.54) is 11.1 Å². The number of aryl methyl sites for hydroxylation is 3. The molecule has 1 N–H and O–H groups in total. The Kier molecular flexibility index (Phi) is 3.96. The highest BCUT2D eigenvalue weighted by atomic mass is 16.1. The number of carbonyl (C=O) groups is 1. The number of carbonyl (C=O) groups excluding carboxylic acids is 1. The van der Waals surface area contributed by atoms with Crippen molar-refractivity contribution in [1.82, 2.24) is 15.3 Å². The lowest BCUT2D eigenvalue weighted by molar-refractivity contribution is 0.0933. The first-order valence-corrected chi connectivity index (χ1v) is 8.75. The van der Waals surface area contributed by atoms with E-state index in [1.54, 1.807) is 0 Å². The van der Waals surface area contributed by atoms with E-state index >= 15 is 0 Å². The highest BCUT2D eigenvalue weighted by Gasteiger charge is 2.22. The minimum atomic E-state index is -0.0522. The number of fused-ring (bicyclic) bond motifs is 2. The molecule has 4 nitrogen and oxygen atoms in total. The maximum atomic E-state index is 12.8. The van der Waals surface area contributed by atoms with Gasteiger partial charge in [0.1, 0.15) is 0 Å². The summed E-state index contributed by atoms with van der Waals surface area (Å²) in [6, 6.07) is 14.0. The minimum absolute atomic E-state index is 0.0522. The van der Waals surface area contributed by atoms with Crippen molar-refractivity contribution in [2.75, 3.05) is 0 Å². The largest absolute Gasteiger partial charge is 0.345 e. The molecule has 4 rings (SSSR count). The summed E-state index contributed by atoms with van der Waals surface area (Å²) in [5.74, 6) is -0.0522. The van der Waals surface area contributed by atoms with Gasteiger partial charge in [0.05, 0.1) is 28.5 Å². The third kappa shape index (κ3) is 3.00. The van der Waals surface area contributed by atoms with Gasteiger partial charge in [0, 0.05) is 5.56 Å². The summed E-state index contributed by atoms with van der Waals surface area (Å²) in [5.41, 5.74) is 6.62. The Labute approximate surface area is 147 Å².